The summed E-state index contributed by atoms with van der Waals surface area (Å²) in [6.45, 7) is 2.96. The van der Waals surface area contributed by atoms with E-state index >= 15 is 0 Å². The molecule has 2 saturated carbocycles. The topological polar surface area (TPSA) is 58.2 Å². The van der Waals surface area contributed by atoms with Crippen LogP contribution in [-0.4, -0.2) is 32.3 Å². The van der Waals surface area contributed by atoms with Crippen molar-refractivity contribution < 1.29 is 8.42 Å². The van der Waals surface area contributed by atoms with Crippen LogP contribution in [0, 0.1) is 0 Å². The number of sulfonamides is 1. The lowest BCUT2D eigenvalue weighted by Gasteiger charge is -2.38. The second-order valence-corrected chi connectivity index (χ2v) is 7.61. The third kappa shape index (κ3) is 4.56. The molecule has 0 unspecified atom stereocenters. The molecule has 0 bridgehead atoms. The summed E-state index contributed by atoms with van der Waals surface area (Å²) in [7, 11) is -3.06. The molecule has 4 nitrogen and oxygen atoms in total. The number of unbranched alkanes of at least 4 members (excludes halogenated alkanes) is 1. The zero-order chi connectivity index (χ0) is 12.4. The summed E-state index contributed by atoms with van der Waals surface area (Å²) in [5, 5.41) is 3.40. The lowest BCUT2D eigenvalue weighted by Crippen LogP contribution is -2.51. The molecule has 2 fully saturated rings. The highest BCUT2D eigenvalue weighted by atomic mass is 32.2. The summed E-state index contributed by atoms with van der Waals surface area (Å²) in [5.41, 5.74) is -0.148. The Morgan fingerprint density at radius 3 is 2.47 bits per heavy atom. The summed E-state index contributed by atoms with van der Waals surface area (Å²) in [6, 6.07) is 0.721. The largest absolute Gasteiger partial charge is 0.314 e. The monoisotopic (exact) mass is 260 g/mol. The molecule has 100 valence electrons. The van der Waals surface area contributed by atoms with Crippen molar-refractivity contribution in [2.75, 3.05) is 12.3 Å². The Balaban J connectivity index is 1.59. The molecule has 0 amide bonds. The Hall–Kier alpha value is -0.130. The molecule has 0 heterocycles. The van der Waals surface area contributed by atoms with Crippen LogP contribution in [0.4, 0.5) is 0 Å². The van der Waals surface area contributed by atoms with Gasteiger partial charge < -0.3 is 5.32 Å². The first kappa shape index (κ1) is 13.3. The summed E-state index contributed by atoms with van der Waals surface area (Å²) < 4.78 is 26.5. The first-order valence-electron chi connectivity index (χ1n) is 6.74. The second kappa shape index (κ2) is 5.24. The van der Waals surface area contributed by atoms with E-state index in [0.717, 1.165) is 44.7 Å². The van der Waals surface area contributed by atoms with Crippen LogP contribution in [0.15, 0.2) is 0 Å². The normalized spacial score (nSPS) is 23.4. The van der Waals surface area contributed by atoms with Gasteiger partial charge in [-0.3, -0.25) is 0 Å². The van der Waals surface area contributed by atoms with Crippen LogP contribution in [-0.2, 0) is 10.0 Å². The van der Waals surface area contributed by atoms with Crippen LogP contribution in [0.25, 0.3) is 0 Å². The van der Waals surface area contributed by atoms with E-state index in [0.29, 0.717) is 0 Å². The Bertz CT molecular complexity index is 346. The van der Waals surface area contributed by atoms with Gasteiger partial charge in [0.15, 0.2) is 0 Å². The third-order valence-electron chi connectivity index (χ3n) is 3.71. The molecule has 0 aromatic carbocycles. The van der Waals surface area contributed by atoms with E-state index in [-0.39, 0.29) is 11.3 Å². The van der Waals surface area contributed by atoms with Gasteiger partial charge in [-0.2, -0.15) is 0 Å². The number of nitrogens with one attached hydrogen (secondary N) is 2. The molecular weight excluding hydrogens is 236 g/mol. The van der Waals surface area contributed by atoms with Gasteiger partial charge in [-0.25, -0.2) is 13.1 Å². The van der Waals surface area contributed by atoms with Crippen LogP contribution in [0.3, 0.4) is 0 Å². The summed E-state index contributed by atoms with van der Waals surface area (Å²) in [4.78, 5) is 0. The number of rotatable bonds is 8. The zero-order valence-electron chi connectivity index (χ0n) is 10.7. The molecule has 0 aliphatic heterocycles. The first-order valence-corrected chi connectivity index (χ1v) is 8.39. The van der Waals surface area contributed by atoms with Gasteiger partial charge in [-0.1, -0.05) is 0 Å². The second-order valence-electron chi connectivity index (χ2n) is 5.77. The Kier molecular flexibility index (Phi) is 4.10. The molecule has 0 atom stereocenters. The van der Waals surface area contributed by atoms with Crippen LogP contribution in [0.5, 0.6) is 0 Å². The van der Waals surface area contributed by atoms with Crippen molar-refractivity contribution >= 4 is 10.0 Å². The Morgan fingerprint density at radius 2 is 1.94 bits per heavy atom. The van der Waals surface area contributed by atoms with Gasteiger partial charge in [-0.05, 0) is 58.4 Å². The SMILES string of the molecule is CC1(NS(=O)(=O)CCCCNC2CC2)CCC1. The Labute approximate surface area is 105 Å². The lowest BCUT2D eigenvalue weighted by atomic mass is 9.80. The minimum absolute atomic E-state index is 0.148. The fourth-order valence-electron chi connectivity index (χ4n) is 2.25. The smallest absolute Gasteiger partial charge is 0.212 e. The highest BCUT2D eigenvalue weighted by molar-refractivity contribution is 7.89. The van der Waals surface area contributed by atoms with Gasteiger partial charge in [0.1, 0.15) is 0 Å². The summed E-state index contributed by atoms with van der Waals surface area (Å²) >= 11 is 0. The molecule has 17 heavy (non-hydrogen) atoms. The van der Waals surface area contributed by atoms with E-state index in [1.165, 1.54) is 12.8 Å². The minimum Gasteiger partial charge on any atom is -0.314 e. The van der Waals surface area contributed by atoms with E-state index in [9.17, 15) is 8.42 Å². The van der Waals surface area contributed by atoms with Crippen LogP contribution in [0.1, 0.15) is 51.9 Å². The van der Waals surface area contributed by atoms with Crippen molar-refractivity contribution in [3.05, 3.63) is 0 Å². The van der Waals surface area contributed by atoms with Crippen molar-refractivity contribution in [2.24, 2.45) is 0 Å². The van der Waals surface area contributed by atoms with Gasteiger partial charge in [-0.15, -0.1) is 0 Å². The maximum Gasteiger partial charge on any atom is 0.212 e. The van der Waals surface area contributed by atoms with E-state index in [4.69, 9.17) is 0 Å². The number of hydrogen-bond acceptors (Lipinski definition) is 3. The quantitative estimate of drug-likeness (QED) is 0.648. The van der Waals surface area contributed by atoms with Crippen LogP contribution in [0.2, 0.25) is 0 Å². The van der Waals surface area contributed by atoms with E-state index < -0.39 is 10.0 Å². The molecule has 0 spiro atoms. The molecule has 0 aromatic heterocycles. The third-order valence-corrected chi connectivity index (χ3v) is 5.34. The summed E-state index contributed by atoms with van der Waals surface area (Å²) in [5.74, 6) is 0.273. The van der Waals surface area contributed by atoms with E-state index in [2.05, 4.69) is 10.0 Å². The number of hydrogen-bond donors (Lipinski definition) is 2. The Morgan fingerprint density at radius 1 is 1.24 bits per heavy atom. The van der Waals surface area contributed by atoms with Gasteiger partial charge >= 0.3 is 0 Å². The maximum atomic E-state index is 11.8. The fraction of sp³-hybridized carbons (Fsp3) is 1.00. The standard InChI is InChI=1S/C12H24N2O2S/c1-12(7-4-8-12)14-17(15,16)10-3-2-9-13-11-5-6-11/h11,13-14H,2-10H2,1H3. The molecule has 2 aliphatic carbocycles. The van der Waals surface area contributed by atoms with E-state index in [1.807, 2.05) is 6.92 Å². The molecule has 5 heteroatoms. The molecule has 0 aromatic rings. The average Bonchev–Trinajstić information content (AvgIpc) is 2.98. The van der Waals surface area contributed by atoms with Gasteiger partial charge in [0, 0.05) is 11.6 Å². The fourth-order valence-corrected chi connectivity index (χ4v) is 3.89. The van der Waals surface area contributed by atoms with Crippen molar-refractivity contribution in [3.8, 4) is 0 Å². The van der Waals surface area contributed by atoms with Gasteiger partial charge in [0.25, 0.3) is 0 Å². The van der Waals surface area contributed by atoms with Crippen LogP contribution >= 0.6 is 0 Å². The van der Waals surface area contributed by atoms with Crippen LogP contribution < -0.4 is 10.0 Å². The van der Waals surface area contributed by atoms with Gasteiger partial charge in [0.05, 0.1) is 5.75 Å². The van der Waals surface area contributed by atoms with Gasteiger partial charge in [0.2, 0.25) is 10.0 Å². The molecule has 0 radical (unpaired) electrons. The van der Waals surface area contributed by atoms with Crippen molar-refractivity contribution in [1.82, 2.24) is 10.0 Å². The highest BCUT2D eigenvalue weighted by Crippen LogP contribution is 2.31. The predicted molar refractivity (Wildman–Crippen MR) is 69.4 cm³/mol. The predicted octanol–water partition coefficient (Wildman–Crippen LogP) is 1.38. The lowest BCUT2D eigenvalue weighted by molar-refractivity contribution is 0.248. The molecule has 2 N–H and O–H groups in total. The molecule has 0 saturated heterocycles. The minimum atomic E-state index is -3.06. The zero-order valence-corrected chi connectivity index (χ0v) is 11.5. The molecular formula is C12H24N2O2S. The highest BCUT2D eigenvalue weighted by Gasteiger charge is 2.35. The molecule has 2 aliphatic rings. The maximum absolute atomic E-state index is 11.8. The van der Waals surface area contributed by atoms with Crippen molar-refractivity contribution in [2.45, 2.75) is 63.5 Å². The average molecular weight is 260 g/mol. The van der Waals surface area contributed by atoms with Crippen molar-refractivity contribution in [3.63, 3.8) is 0 Å². The first-order chi connectivity index (χ1) is 7.99. The summed E-state index contributed by atoms with van der Waals surface area (Å²) in [6.07, 6.45) is 7.39. The van der Waals surface area contributed by atoms with Crippen molar-refractivity contribution in [1.29, 1.82) is 0 Å². The molecule has 2 rings (SSSR count). The van der Waals surface area contributed by atoms with E-state index in [1.54, 1.807) is 0 Å².